The van der Waals surface area contributed by atoms with Crippen LogP contribution in [0.3, 0.4) is 0 Å². The second kappa shape index (κ2) is 8.66. The van der Waals surface area contributed by atoms with Gasteiger partial charge in [-0.15, -0.1) is 0 Å². The summed E-state index contributed by atoms with van der Waals surface area (Å²) in [6, 6.07) is 13.5. The third kappa shape index (κ3) is 4.45. The van der Waals surface area contributed by atoms with E-state index >= 15 is 0 Å². The van der Waals surface area contributed by atoms with Crippen molar-refractivity contribution in [2.45, 2.75) is 19.3 Å². The molecule has 1 aromatic carbocycles. The van der Waals surface area contributed by atoms with Crippen molar-refractivity contribution in [1.82, 2.24) is 9.88 Å². The van der Waals surface area contributed by atoms with Crippen LogP contribution in [0.2, 0.25) is 0 Å². The van der Waals surface area contributed by atoms with Gasteiger partial charge < -0.3 is 14.5 Å². The van der Waals surface area contributed by atoms with Crippen LogP contribution in [0.25, 0.3) is 0 Å². The van der Waals surface area contributed by atoms with Gasteiger partial charge in [0.05, 0.1) is 7.11 Å². The average Bonchev–Trinajstić information content (AvgIpc) is 2.73. The van der Waals surface area contributed by atoms with Crippen LogP contribution in [0.5, 0.6) is 0 Å². The van der Waals surface area contributed by atoms with Crippen molar-refractivity contribution in [3.05, 3.63) is 59.8 Å². The van der Waals surface area contributed by atoms with Gasteiger partial charge in [0.15, 0.2) is 0 Å². The van der Waals surface area contributed by atoms with E-state index in [2.05, 4.69) is 24.0 Å². The highest BCUT2D eigenvalue weighted by molar-refractivity contribution is 5.94. The van der Waals surface area contributed by atoms with E-state index in [0.29, 0.717) is 44.0 Å². The molecule has 0 saturated carbocycles. The number of rotatable bonds is 5. The van der Waals surface area contributed by atoms with Crippen molar-refractivity contribution in [3.63, 3.8) is 0 Å². The maximum atomic E-state index is 12.7. The minimum atomic E-state index is -0.395. The number of esters is 1. The Balaban J connectivity index is 1.59. The molecule has 27 heavy (non-hydrogen) atoms. The van der Waals surface area contributed by atoms with Crippen molar-refractivity contribution < 1.29 is 14.3 Å². The quantitative estimate of drug-likeness (QED) is 0.761. The van der Waals surface area contributed by atoms with Gasteiger partial charge in [-0.3, -0.25) is 4.79 Å². The molecule has 1 aromatic heterocycles. The van der Waals surface area contributed by atoms with Gasteiger partial charge in [0, 0.05) is 38.8 Å². The lowest BCUT2D eigenvalue weighted by molar-refractivity contribution is -0.131. The number of pyridine rings is 1. The smallest absolute Gasteiger partial charge is 0.341 e. The van der Waals surface area contributed by atoms with Crippen molar-refractivity contribution in [1.29, 1.82) is 0 Å². The number of methoxy groups -OCH3 is 1. The molecule has 0 bridgehead atoms. The number of anilines is 1. The van der Waals surface area contributed by atoms with Crippen LogP contribution in [-0.2, 0) is 9.53 Å². The number of hydrogen-bond donors (Lipinski definition) is 0. The molecule has 0 radical (unpaired) electrons. The summed E-state index contributed by atoms with van der Waals surface area (Å²) in [6.07, 6.45) is 2.17. The number of aromatic nitrogens is 1. The third-order valence-corrected chi connectivity index (χ3v) is 4.97. The fourth-order valence-electron chi connectivity index (χ4n) is 3.38. The number of ether oxygens (including phenoxy) is 1. The number of carbonyl (C=O) groups is 2. The molecule has 3 rings (SSSR count). The Morgan fingerprint density at radius 1 is 1.07 bits per heavy atom. The Morgan fingerprint density at radius 3 is 2.44 bits per heavy atom. The zero-order chi connectivity index (χ0) is 19.2. The second-order valence-corrected chi connectivity index (χ2v) is 6.75. The topological polar surface area (TPSA) is 62.7 Å². The number of hydrogen-bond acceptors (Lipinski definition) is 5. The lowest BCUT2D eigenvalue weighted by atomic mass is 9.97. The SMILES string of the molecule is COC(=O)c1cccnc1N1CCN(C(=O)C[C@@H](C)c2ccccc2)CC1. The van der Waals surface area contributed by atoms with Gasteiger partial charge in [0.1, 0.15) is 11.4 Å². The summed E-state index contributed by atoms with van der Waals surface area (Å²) >= 11 is 0. The molecule has 6 nitrogen and oxygen atoms in total. The molecule has 6 heteroatoms. The van der Waals surface area contributed by atoms with Crippen LogP contribution in [0.15, 0.2) is 48.7 Å². The molecular formula is C21H25N3O3. The number of carbonyl (C=O) groups excluding carboxylic acids is 2. The number of benzene rings is 1. The molecule has 1 amide bonds. The molecule has 2 heterocycles. The Labute approximate surface area is 159 Å². The van der Waals surface area contributed by atoms with Gasteiger partial charge in [-0.05, 0) is 23.6 Å². The van der Waals surface area contributed by atoms with E-state index in [9.17, 15) is 9.59 Å². The highest BCUT2D eigenvalue weighted by atomic mass is 16.5. The molecule has 1 aliphatic rings. The largest absolute Gasteiger partial charge is 0.465 e. The molecule has 2 aromatic rings. The zero-order valence-corrected chi connectivity index (χ0v) is 15.8. The van der Waals surface area contributed by atoms with Crippen LogP contribution in [-0.4, -0.2) is 55.0 Å². The molecule has 0 unspecified atom stereocenters. The normalized spacial score (nSPS) is 15.3. The van der Waals surface area contributed by atoms with Crippen LogP contribution in [0.4, 0.5) is 5.82 Å². The van der Waals surface area contributed by atoms with Gasteiger partial charge in [-0.25, -0.2) is 9.78 Å². The van der Waals surface area contributed by atoms with Crippen LogP contribution in [0.1, 0.15) is 35.2 Å². The number of amides is 1. The van der Waals surface area contributed by atoms with Crippen molar-refractivity contribution in [2.75, 3.05) is 38.2 Å². The summed E-state index contributed by atoms with van der Waals surface area (Å²) in [6.45, 7) is 4.62. The highest BCUT2D eigenvalue weighted by Gasteiger charge is 2.26. The molecule has 0 aliphatic carbocycles. The second-order valence-electron chi connectivity index (χ2n) is 6.75. The predicted molar refractivity (Wildman–Crippen MR) is 104 cm³/mol. The fourth-order valence-corrected chi connectivity index (χ4v) is 3.38. The lowest BCUT2D eigenvalue weighted by Gasteiger charge is -2.36. The summed E-state index contributed by atoms with van der Waals surface area (Å²) in [5.74, 6) is 0.584. The van der Waals surface area contributed by atoms with Crippen LogP contribution >= 0.6 is 0 Å². The molecule has 0 N–H and O–H groups in total. The first kappa shape index (κ1) is 18.9. The first-order valence-corrected chi connectivity index (χ1v) is 9.21. The van der Waals surface area contributed by atoms with Gasteiger partial charge in [-0.2, -0.15) is 0 Å². The summed E-state index contributed by atoms with van der Waals surface area (Å²) in [4.78, 5) is 32.9. The van der Waals surface area contributed by atoms with Crippen LogP contribution in [0, 0.1) is 0 Å². The minimum Gasteiger partial charge on any atom is -0.465 e. The molecular weight excluding hydrogens is 342 g/mol. The van der Waals surface area contributed by atoms with E-state index in [-0.39, 0.29) is 11.8 Å². The Kier molecular flexibility index (Phi) is 6.06. The van der Waals surface area contributed by atoms with Gasteiger partial charge in [-0.1, -0.05) is 37.3 Å². The number of piperazine rings is 1. The molecule has 1 atom stereocenters. The Hall–Kier alpha value is -2.89. The van der Waals surface area contributed by atoms with E-state index in [1.807, 2.05) is 28.0 Å². The van der Waals surface area contributed by atoms with Crippen molar-refractivity contribution >= 4 is 17.7 Å². The lowest BCUT2D eigenvalue weighted by Crippen LogP contribution is -2.49. The van der Waals surface area contributed by atoms with Crippen molar-refractivity contribution in [3.8, 4) is 0 Å². The van der Waals surface area contributed by atoms with Gasteiger partial charge in [0.25, 0.3) is 0 Å². The van der Waals surface area contributed by atoms with E-state index in [4.69, 9.17) is 4.74 Å². The van der Waals surface area contributed by atoms with Crippen LogP contribution < -0.4 is 4.90 Å². The Bertz CT molecular complexity index is 786. The maximum Gasteiger partial charge on any atom is 0.341 e. The summed E-state index contributed by atoms with van der Waals surface area (Å²) in [7, 11) is 1.36. The molecule has 1 saturated heterocycles. The van der Waals surface area contributed by atoms with Gasteiger partial charge in [0.2, 0.25) is 5.91 Å². The minimum absolute atomic E-state index is 0.167. The summed E-state index contributed by atoms with van der Waals surface area (Å²) in [5, 5.41) is 0. The van der Waals surface area contributed by atoms with E-state index in [1.54, 1.807) is 18.3 Å². The zero-order valence-electron chi connectivity index (χ0n) is 15.8. The monoisotopic (exact) mass is 367 g/mol. The third-order valence-electron chi connectivity index (χ3n) is 4.97. The molecule has 0 spiro atoms. The maximum absolute atomic E-state index is 12.7. The van der Waals surface area contributed by atoms with E-state index in [0.717, 1.165) is 0 Å². The summed E-state index contributed by atoms with van der Waals surface area (Å²) < 4.78 is 4.84. The summed E-state index contributed by atoms with van der Waals surface area (Å²) in [5.41, 5.74) is 1.64. The molecule has 142 valence electrons. The predicted octanol–water partition coefficient (Wildman–Crippen LogP) is 2.71. The fraction of sp³-hybridized carbons (Fsp3) is 0.381. The average molecular weight is 367 g/mol. The van der Waals surface area contributed by atoms with Gasteiger partial charge >= 0.3 is 5.97 Å². The Morgan fingerprint density at radius 2 is 1.78 bits per heavy atom. The standard InChI is InChI=1S/C21H25N3O3/c1-16(17-7-4-3-5-8-17)15-19(25)23-11-13-24(14-12-23)20-18(21(26)27-2)9-6-10-22-20/h3-10,16H,11-15H2,1-2H3/t16-/m1/s1. The highest BCUT2D eigenvalue weighted by Crippen LogP contribution is 2.22. The van der Waals surface area contributed by atoms with E-state index < -0.39 is 5.97 Å². The first-order chi connectivity index (χ1) is 13.1. The van der Waals surface area contributed by atoms with Crippen molar-refractivity contribution in [2.24, 2.45) is 0 Å². The number of nitrogens with zero attached hydrogens (tertiary/aromatic N) is 3. The first-order valence-electron chi connectivity index (χ1n) is 9.21. The molecule has 1 fully saturated rings. The van der Waals surface area contributed by atoms with E-state index in [1.165, 1.54) is 12.7 Å². The molecule has 1 aliphatic heterocycles.